The summed E-state index contributed by atoms with van der Waals surface area (Å²) in [6.07, 6.45) is 2.21. The molecule has 6 heteroatoms. The van der Waals surface area contributed by atoms with E-state index < -0.39 is 11.9 Å². The lowest BCUT2D eigenvalue weighted by molar-refractivity contribution is -0.141. The molecule has 2 rings (SSSR count). The molecule has 1 aromatic carbocycles. The molecule has 0 aliphatic carbocycles. The summed E-state index contributed by atoms with van der Waals surface area (Å²) < 4.78 is 7.00. The number of benzene rings is 1. The van der Waals surface area contributed by atoms with Gasteiger partial charge in [-0.15, -0.1) is 0 Å². The molecule has 2 aromatic rings. The van der Waals surface area contributed by atoms with Crippen molar-refractivity contribution in [2.75, 3.05) is 7.11 Å². The van der Waals surface area contributed by atoms with Gasteiger partial charge >= 0.3 is 5.97 Å². The Labute approximate surface area is 123 Å². The van der Waals surface area contributed by atoms with Crippen molar-refractivity contribution in [3.05, 3.63) is 42.0 Å². The molecule has 6 nitrogen and oxygen atoms in total. The Morgan fingerprint density at radius 1 is 1.38 bits per heavy atom. The Balaban J connectivity index is 2.18. The Kier molecular flexibility index (Phi) is 4.92. The first-order valence-electron chi connectivity index (χ1n) is 6.87. The number of carbonyl (C=O) groups is 1. The molecule has 21 heavy (non-hydrogen) atoms. The number of hydrogen-bond acceptors (Lipinski definition) is 4. The van der Waals surface area contributed by atoms with Gasteiger partial charge < -0.3 is 9.84 Å². The number of ether oxygens (including phenoxy) is 1. The van der Waals surface area contributed by atoms with Gasteiger partial charge in [0, 0.05) is 13.0 Å². The largest absolute Gasteiger partial charge is 0.496 e. The molecule has 0 spiro atoms. The van der Waals surface area contributed by atoms with Gasteiger partial charge in [0.05, 0.1) is 13.0 Å². The fourth-order valence-electron chi connectivity index (χ4n) is 2.31. The van der Waals surface area contributed by atoms with Crippen molar-refractivity contribution >= 4 is 5.97 Å². The van der Waals surface area contributed by atoms with E-state index in [2.05, 4.69) is 10.1 Å². The second kappa shape index (κ2) is 6.88. The number of aliphatic carboxylic acids is 1. The molecule has 0 saturated carbocycles. The lowest BCUT2D eigenvalue weighted by atomic mass is 9.95. The molecule has 0 amide bonds. The molecule has 1 aromatic heterocycles. The zero-order valence-electron chi connectivity index (χ0n) is 12.2. The maximum atomic E-state index is 11.5. The number of carboxylic acid groups (broad SMARTS) is 1. The van der Waals surface area contributed by atoms with Gasteiger partial charge in [-0.3, -0.25) is 9.48 Å². The lowest BCUT2D eigenvalue weighted by Crippen LogP contribution is -2.21. The minimum absolute atomic E-state index is 0.348. The Hall–Kier alpha value is -2.37. The van der Waals surface area contributed by atoms with Crippen LogP contribution in [-0.2, 0) is 24.2 Å². The molecule has 0 fully saturated rings. The number of hydrogen-bond donors (Lipinski definition) is 1. The number of aryl methyl sites for hydroxylation is 1. The molecule has 1 N–H and O–H groups in total. The topological polar surface area (TPSA) is 77.2 Å². The van der Waals surface area contributed by atoms with E-state index in [4.69, 9.17) is 4.74 Å². The fraction of sp³-hybridized carbons (Fsp3) is 0.400. The van der Waals surface area contributed by atoms with Crippen LogP contribution in [0.4, 0.5) is 0 Å². The predicted octanol–water partition coefficient (Wildman–Crippen LogP) is 1.79. The van der Waals surface area contributed by atoms with Crippen LogP contribution < -0.4 is 4.74 Å². The second-order valence-electron chi connectivity index (χ2n) is 4.75. The van der Waals surface area contributed by atoms with E-state index in [1.807, 2.05) is 31.2 Å². The van der Waals surface area contributed by atoms with E-state index >= 15 is 0 Å². The number of rotatable bonds is 7. The molecule has 0 radical (unpaired) electrons. The summed E-state index contributed by atoms with van der Waals surface area (Å²) in [6.45, 7) is 2.63. The van der Waals surface area contributed by atoms with Gasteiger partial charge in [0.1, 0.15) is 17.9 Å². The summed E-state index contributed by atoms with van der Waals surface area (Å²) in [7, 11) is 1.59. The van der Waals surface area contributed by atoms with Crippen molar-refractivity contribution in [3.8, 4) is 5.75 Å². The molecule has 1 heterocycles. The number of carboxylic acids is 1. The van der Waals surface area contributed by atoms with Gasteiger partial charge in [-0.05, 0) is 25.0 Å². The molecular formula is C15H19N3O3. The van der Waals surface area contributed by atoms with Crippen molar-refractivity contribution in [1.29, 1.82) is 0 Å². The maximum absolute atomic E-state index is 11.5. The summed E-state index contributed by atoms with van der Waals surface area (Å²) in [5.74, 6) is 0.00265. The predicted molar refractivity (Wildman–Crippen MR) is 77.2 cm³/mol. The van der Waals surface area contributed by atoms with Gasteiger partial charge in [0.15, 0.2) is 0 Å². The third kappa shape index (κ3) is 3.59. The molecule has 0 aliphatic rings. The highest BCUT2D eigenvalue weighted by atomic mass is 16.5. The monoisotopic (exact) mass is 289 g/mol. The van der Waals surface area contributed by atoms with Crippen LogP contribution in [0.5, 0.6) is 5.75 Å². The normalized spacial score (nSPS) is 12.1. The number of aromatic nitrogens is 3. The van der Waals surface area contributed by atoms with Crippen molar-refractivity contribution in [2.45, 2.75) is 26.3 Å². The number of nitrogens with zero attached hydrogens (tertiary/aromatic N) is 3. The second-order valence-corrected chi connectivity index (χ2v) is 4.75. The van der Waals surface area contributed by atoms with Crippen LogP contribution in [0.2, 0.25) is 0 Å². The Bertz CT molecular complexity index is 610. The zero-order valence-corrected chi connectivity index (χ0v) is 12.2. The Morgan fingerprint density at radius 2 is 2.14 bits per heavy atom. The number of para-hydroxylation sites is 1. The summed E-state index contributed by atoms with van der Waals surface area (Å²) in [5, 5.41) is 13.5. The molecule has 0 aliphatic heterocycles. The van der Waals surface area contributed by atoms with Gasteiger partial charge in [-0.2, -0.15) is 5.10 Å². The van der Waals surface area contributed by atoms with Gasteiger partial charge in [0.25, 0.3) is 0 Å². The average molecular weight is 289 g/mol. The first kappa shape index (κ1) is 15.0. The van der Waals surface area contributed by atoms with Crippen molar-refractivity contribution in [1.82, 2.24) is 14.8 Å². The SMILES string of the molecule is CCn1ncnc1CC(Cc1ccccc1OC)C(=O)O. The molecular weight excluding hydrogens is 270 g/mol. The van der Waals surface area contributed by atoms with Gasteiger partial charge in [-0.1, -0.05) is 18.2 Å². The van der Waals surface area contributed by atoms with Gasteiger partial charge in [0.2, 0.25) is 0 Å². The summed E-state index contributed by atoms with van der Waals surface area (Å²) in [5.41, 5.74) is 0.884. The van der Waals surface area contributed by atoms with Crippen LogP contribution in [-0.4, -0.2) is 33.0 Å². The van der Waals surface area contributed by atoms with Crippen LogP contribution in [0.1, 0.15) is 18.3 Å². The maximum Gasteiger partial charge on any atom is 0.307 e. The third-order valence-corrected chi connectivity index (χ3v) is 3.43. The lowest BCUT2D eigenvalue weighted by Gasteiger charge is -2.14. The standard InChI is InChI=1S/C15H19N3O3/c1-3-18-14(16-10-17-18)9-12(15(19)20)8-11-6-4-5-7-13(11)21-2/h4-7,10,12H,3,8-9H2,1-2H3,(H,19,20). The van der Waals surface area contributed by atoms with E-state index in [1.54, 1.807) is 11.8 Å². The van der Waals surface area contributed by atoms with Crippen molar-refractivity contribution in [2.24, 2.45) is 5.92 Å². The van der Waals surface area contributed by atoms with Crippen LogP contribution >= 0.6 is 0 Å². The van der Waals surface area contributed by atoms with Crippen molar-refractivity contribution in [3.63, 3.8) is 0 Å². The van der Waals surface area contributed by atoms with E-state index in [-0.39, 0.29) is 0 Å². The average Bonchev–Trinajstić information content (AvgIpc) is 2.94. The van der Waals surface area contributed by atoms with Crippen molar-refractivity contribution < 1.29 is 14.6 Å². The molecule has 1 atom stereocenters. The zero-order chi connectivity index (χ0) is 15.2. The smallest absolute Gasteiger partial charge is 0.307 e. The Morgan fingerprint density at radius 3 is 2.81 bits per heavy atom. The molecule has 0 saturated heterocycles. The highest BCUT2D eigenvalue weighted by Gasteiger charge is 2.22. The van der Waals surface area contributed by atoms with E-state index in [1.165, 1.54) is 6.33 Å². The first-order chi connectivity index (χ1) is 10.2. The van der Waals surface area contributed by atoms with E-state index in [9.17, 15) is 9.90 Å². The van der Waals surface area contributed by atoms with E-state index in [0.29, 0.717) is 31.0 Å². The van der Waals surface area contributed by atoms with Crippen LogP contribution in [0.15, 0.2) is 30.6 Å². The minimum atomic E-state index is -0.841. The first-order valence-corrected chi connectivity index (χ1v) is 6.87. The molecule has 0 bridgehead atoms. The minimum Gasteiger partial charge on any atom is -0.496 e. The quantitative estimate of drug-likeness (QED) is 0.841. The molecule has 1 unspecified atom stereocenters. The highest BCUT2D eigenvalue weighted by molar-refractivity contribution is 5.71. The summed E-state index contributed by atoms with van der Waals surface area (Å²) in [6, 6.07) is 7.47. The van der Waals surface area contributed by atoms with Crippen LogP contribution in [0, 0.1) is 5.92 Å². The van der Waals surface area contributed by atoms with E-state index in [0.717, 1.165) is 5.56 Å². The molecule has 112 valence electrons. The van der Waals surface area contributed by atoms with Crippen LogP contribution in [0.3, 0.4) is 0 Å². The van der Waals surface area contributed by atoms with Gasteiger partial charge in [-0.25, -0.2) is 4.98 Å². The van der Waals surface area contributed by atoms with Crippen LogP contribution in [0.25, 0.3) is 0 Å². The third-order valence-electron chi connectivity index (χ3n) is 3.43. The fourth-order valence-corrected chi connectivity index (χ4v) is 2.31. The summed E-state index contributed by atoms with van der Waals surface area (Å²) in [4.78, 5) is 15.7. The highest BCUT2D eigenvalue weighted by Crippen LogP contribution is 2.22. The number of methoxy groups -OCH3 is 1. The summed E-state index contributed by atoms with van der Waals surface area (Å²) >= 11 is 0.